The molecular weight excluding hydrogens is 448 g/mol. The molecule has 0 spiro atoms. The molecule has 0 bridgehead atoms. The van der Waals surface area contributed by atoms with E-state index in [9.17, 15) is 14.4 Å². The summed E-state index contributed by atoms with van der Waals surface area (Å²) >= 11 is 0.967. The van der Waals surface area contributed by atoms with Gasteiger partial charge < -0.3 is 20.5 Å². The molecule has 11 nitrogen and oxygen atoms in total. The van der Waals surface area contributed by atoms with Gasteiger partial charge in [-0.2, -0.15) is 5.10 Å². The molecule has 0 saturated heterocycles. The second-order valence-corrected chi connectivity index (χ2v) is 8.64. The van der Waals surface area contributed by atoms with Crippen LogP contribution in [-0.2, 0) is 7.05 Å². The van der Waals surface area contributed by atoms with Crippen molar-refractivity contribution < 1.29 is 24.2 Å². The molecule has 0 aliphatic rings. The molecule has 2 heterocycles. The van der Waals surface area contributed by atoms with Crippen molar-refractivity contribution in [3.8, 4) is 5.75 Å². The van der Waals surface area contributed by atoms with E-state index in [1.165, 1.54) is 24.0 Å². The molecule has 0 aliphatic carbocycles. The Kier molecular flexibility index (Phi) is 7.28. The van der Waals surface area contributed by atoms with Gasteiger partial charge in [-0.3, -0.25) is 14.8 Å². The van der Waals surface area contributed by atoms with E-state index in [0.717, 1.165) is 16.9 Å². The van der Waals surface area contributed by atoms with Gasteiger partial charge in [-0.25, -0.2) is 14.6 Å². The van der Waals surface area contributed by atoms with Crippen LogP contribution in [0.25, 0.3) is 0 Å². The molecule has 174 valence electrons. The van der Waals surface area contributed by atoms with Gasteiger partial charge in [0, 0.05) is 13.1 Å². The van der Waals surface area contributed by atoms with Crippen LogP contribution >= 0.6 is 11.3 Å². The van der Waals surface area contributed by atoms with Crippen molar-refractivity contribution in [1.82, 2.24) is 14.8 Å². The maximum atomic E-state index is 12.5. The number of hydrogen-bond acceptors (Lipinski definition) is 7. The summed E-state index contributed by atoms with van der Waals surface area (Å²) in [4.78, 5) is 40.2. The SMILES string of the molecule is Cc1ccc(NC(=O)Nc2ncc(C(=O)Nc3cc(C(=O)O)nn3C)s2)c(OCC(C)C)c1. The van der Waals surface area contributed by atoms with E-state index in [2.05, 4.69) is 26.0 Å². The summed E-state index contributed by atoms with van der Waals surface area (Å²) in [5.41, 5.74) is 1.32. The number of thiazole rings is 1. The Bertz CT molecular complexity index is 1190. The van der Waals surface area contributed by atoms with E-state index in [4.69, 9.17) is 9.84 Å². The number of aryl methyl sites for hydroxylation is 2. The Labute approximate surface area is 193 Å². The topological polar surface area (TPSA) is 147 Å². The van der Waals surface area contributed by atoms with Crippen LogP contribution in [-0.4, -0.2) is 44.4 Å². The number of urea groups is 1. The third-order valence-corrected chi connectivity index (χ3v) is 5.16. The van der Waals surface area contributed by atoms with Crippen molar-refractivity contribution in [2.45, 2.75) is 20.8 Å². The van der Waals surface area contributed by atoms with Crippen LogP contribution in [0.15, 0.2) is 30.5 Å². The predicted molar refractivity (Wildman–Crippen MR) is 124 cm³/mol. The Morgan fingerprint density at radius 2 is 1.94 bits per heavy atom. The zero-order chi connectivity index (χ0) is 24.1. The molecule has 3 amide bonds. The van der Waals surface area contributed by atoms with Crippen molar-refractivity contribution in [3.63, 3.8) is 0 Å². The Morgan fingerprint density at radius 1 is 1.18 bits per heavy atom. The van der Waals surface area contributed by atoms with E-state index in [-0.39, 0.29) is 21.5 Å². The summed E-state index contributed by atoms with van der Waals surface area (Å²) in [5.74, 6) is -0.605. The average molecular weight is 473 g/mol. The number of carboxylic acid groups (broad SMARTS) is 1. The van der Waals surface area contributed by atoms with E-state index < -0.39 is 17.9 Å². The lowest BCUT2D eigenvalue weighted by Crippen LogP contribution is -2.20. The molecule has 3 rings (SSSR count). The third-order valence-electron chi connectivity index (χ3n) is 4.25. The molecule has 3 aromatic rings. The van der Waals surface area contributed by atoms with E-state index in [1.807, 2.05) is 32.9 Å². The minimum Gasteiger partial charge on any atom is -0.491 e. The predicted octanol–water partition coefficient (Wildman–Crippen LogP) is 3.81. The van der Waals surface area contributed by atoms with Gasteiger partial charge in [0.1, 0.15) is 16.4 Å². The molecule has 0 saturated carbocycles. The van der Waals surface area contributed by atoms with Gasteiger partial charge in [0.25, 0.3) is 5.91 Å². The zero-order valence-electron chi connectivity index (χ0n) is 18.5. The van der Waals surface area contributed by atoms with Crippen LogP contribution in [0.4, 0.5) is 21.4 Å². The lowest BCUT2D eigenvalue weighted by molar-refractivity contribution is 0.0689. The molecule has 0 unspecified atom stereocenters. The first-order chi connectivity index (χ1) is 15.6. The minimum absolute atomic E-state index is 0.191. The molecule has 33 heavy (non-hydrogen) atoms. The van der Waals surface area contributed by atoms with Crippen LogP contribution < -0.4 is 20.7 Å². The standard InChI is InChI=1S/C21H24N6O5S/c1-11(2)10-32-15-7-12(3)5-6-13(15)23-20(31)25-21-22-9-16(33-21)18(28)24-17-8-14(19(29)30)26-27(17)4/h5-9,11H,10H2,1-4H3,(H,24,28)(H,29,30)(H2,22,23,25,31). The number of aromatic carboxylic acids is 1. The van der Waals surface area contributed by atoms with Crippen LogP contribution in [0.1, 0.15) is 39.6 Å². The van der Waals surface area contributed by atoms with Crippen molar-refractivity contribution in [2.24, 2.45) is 13.0 Å². The van der Waals surface area contributed by atoms with Crippen LogP contribution in [0.2, 0.25) is 0 Å². The van der Waals surface area contributed by atoms with Gasteiger partial charge >= 0.3 is 12.0 Å². The van der Waals surface area contributed by atoms with Crippen LogP contribution in [0.3, 0.4) is 0 Å². The number of nitrogens with one attached hydrogen (secondary N) is 3. The number of anilines is 3. The Morgan fingerprint density at radius 3 is 2.61 bits per heavy atom. The highest BCUT2D eigenvalue weighted by atomic mass is 32.1. The molecule has 4 N–H and O–H groups in total. The number of carboxylic acids is 1. The fourth-order valence-corrected chi connectivity index (χ4v) is 3.37. The van der Waals surface area contributed by atoms with Gasteiger partial charge in [0.2, 0.25) is 0 Å². The van der Waals surface area contributed by atoms with Crippen molar-refractivity contribution in [2.75, 3.05) is 22.6 Å². The summed E-state index contributed by atoms with van der Waals surface area (Å²) in [6.45, 7) is 6.51. The number of ether oxygens (including phenoxy) is 1. The first kappa shape index (κ1) is 23.7. The Balaban J connectivity index is 1.63. The summed E-state index contributed by atoms with van der Waals surface area (Å²) < 4.78 is 7.04. The maximum absolute atomic E-state index is 12.5. The van der Waals surface area contributed by atoms with E-state index in [1.54, 1.807) is 6.07 Å². The monoisotopic (exact) mass is 472 g/mol. The van der Waals surface area contributed by atoms with Gasteiger partial charge in [0.05, 0.1) is 18.5 Å². The smallest absolute Gasteiger partial charge is 0.356 e. The van der Waals surface area contributed by atoms with Crippen LogP contribution in [0, 0.1) is 12.8 Å². The number of carbonyl (C=O) groups excluding carboxylic acids is 2. The van der Waals surface area contributed by atoms with E-state index >= 15 is 0 Å². The summed E-state index contributed by atoms with van der Waals surface area (Å²) in [6, 6.07) is 6.17. The quantitative estimate of drug-likeness (QED) is 0.390. The second kappa shape index (κ2) is 10.1. The number of hydrogen-bond donors (Lipinski definition) is 4. The van der Waals surface area contributed by atoms with Gasteiger partial charge in [-0.15, -0.1) is 0 Å². The number of carbonyl (C=O) groups is 3. The number of aromatic nitrogens is 3. The molecule has 0 radical (unpaired) electrons. The third kappa shape index (κ3) is 6.29. The van der Waals surface area contributed by atoms with E-state index in [0.29, 0.717) is 24.0 Å². The fraction of sp³-hybridized carbons (Fsp3) is 0.286. The highest BCUT2D eigenvalue weighted by molar-refractivity contribution is 7.17. The number of nitrogens with zero attached hydrogens (tertiary/aromatic N) is 3. The summed E-state index contributed by atoms with van der Waals surface area (Å²) in [6.07, 6.45) is 1.31. The first-order valence-electron chi connectivity index (χ1n) is 9.98. The zero-order valence-corrected chi connectivity index (χ0v) is 19.3. The molecule has 0 aliphatic heterocycles. The fourth-order valence-electron chi connectivity index (χ4n) is 2.66. The van der Waals surface area contributed by atoms with Crippen LogP contribution in [0.5, 0.6) is 5.75 Å². The number of benzene rings is 1. The Hall–Kier alpha value is -3.93. The second-order valence-electron chi connectivity index (χ2n) is 7.61. The number of amides is 3. The molecule has 12 heteroatoms. The maximum Gasteiger partial charge on any atom is 0.356 e. The van der Waals surface area contributed by atoms with Gasteiger partial charge in [-0.1, -0.05) is 31.3 Å². The minimum atomic E-state index is -1.20. The van der Waals surface area contributed by atoms with Crippen molar-refractivity contribution in [3.05, 3.63) is 46.6 Å². The van der Waals surface area contributed by atoms with Gasteiger partial charge in [-0.05, 0) is 30.5 Å². The van der Waals surface area contributed by atoms with Crippen molar-refractivity contribution in [1.29, 1.82) is 0 Å². The summed E-state index contributed by atoms with van der Waals surface area (Å²) in [5, 5.41) is 20.9. The lowest BCUT2D eigenvalue weighted by Gasteiger charge is -2.14. The summed E-state index contributed by atoms with van der Waals surface area (Å²) in [7, 11) is 1.51. The lowest BCUT2D eigenvalue weighted by atomic mass is 10.2. The highest BCUT2D eigenvalue weighted by Crippen LogP contribution is 2.27. The largest absolute Gasteiger partial charge is 0.491 e. The molecule has 0 atom stereocenters. The average Bonchev–Trinajstić information content (AvgIpc) is 3.35. The molecule has 2 aromatic heterocycles. The molecular formula is C21H24N6O5S. The number of rotatable bonds is 8. The highest BCUT2D eigenvalue weighted by Gasteiger charge is 2.17. The van der Waals surface area contributed by atoms with Gasteiger partial charge in [0.15, 0.2) is 10.8 Å². The molecule has 1 aromatic carbocycles. The van der Waals surface area contributed by atoms with Crippen molar-refractivity contribution >= 4 is 45.9 Å². The normalized spacial score (nSPS) is 10.7. The first-order valence-corrected chi connectivity index (χ1v) is 10.8. The molecule has 0 fully saturated rings.